The lowest BCUT2D eigenvalue weighted by atomic mass is 10.1. The molecule has 0 amide bonds. The van der Waals surface area contributed by atoms with Crippen LogP contribution in [0.3, 0.4) is 0 Å². The fraction of sp³-hybridized carbons (Fsp3) is 0.188. The highest BCUT2D eigenvalue weighted by Crippen LogP contribution is 2.31. The number of thiophene rings is 1. The number of aromatic amines is 1. The molecule has 0 aliphatic rings. The van der Waals surface area contributed by atoms with Gasteiger partial charge in [0.25, 0.3) is 0 Å². The summed E-state index contributed by atoms with van der Waals surface area (Å²) in [6, 6.07) is 4.40. The predicted molar refractivity (Wildman–Crippen MR) is 95.6 cm³/mol. The number of halogens is 1. The minimum absolute atomic E-state index is 0.239. The molecule has 4 rings (SSSR count). The van der Waals surface area contributed by atoms with Gasteiger partial charge in [-0.2, -0.15) is 5.10 Å². The van der Waals surface area contributed by atoms with E-state index in [1.807, 2.05) is 23.1 Å². The van der Waals surface area contributed by atoms with E-state index < -0.39 is 0 Å². The lowest BCUT2D eigenvalue weighted by Crippen LogP contribution is -2.08. The maximum atomic E-state index is 4.58. The third-order valence-electron chi connectivity index (χ3n) is 3.85. The van der Waals surface area contributed by atoms with Crippen LogP contribution in [0.1, 0.15) is 24.3 Å². The lowest BCUT2D eigenvalue weighted by Gasteiger charge is -2.13. The second kappa shape index (κ2) is 5.90. The van der Waals surface area contributed by atoms with Crippen molar-refractivity contribution in [2.24, 2.45) is 0 Å². The zero-order valence-corrected chi connectivity index (χ0v) is 14.8. The van der Waals surface area contributed by atoms with Gasteiger partial charge in [-0.05, 0) is 34.5 Å². The number of fused-ring (bicyclic) bond motifs is 1. The molecule has 4 heterocycles. The smallest absolute Gasteiger partial charge is 0.141 e. The van der Waals surface area contributed by atoms with E-state index in [4.69, 9.17) is 0 Å². The van der Waals surface area contributed by atoms with Crippen molar-refractivity contribution in [1.82, 2.24) is 24.7 Å². The topological polar surface area (TPSA) is 59.4 Å². The van der Waals surface area contributed by atoms with Crippen LogP contribution in [0.4, 0.5) is 0 Å². The van der Waals surface area contributed by atoms with Gasteiger partial charge in [0.1, 0.15) is 12.0 Å². The van der Waals surface area contributed by atoms with Gasteiger partial charge in [0.15, 0.2) is 0 Å². The highest BCUT2D eigenvalue weighted by molar-refractivity contribution is 9.10. The largest absolute Gasteiger partial charge is 0.346 e. The molecule has 1 N–H and O–H groups in total. The molecule has 5 nitrogen and oxygen atoms in total. The van der Waals surface area contributed by atoms with Crippen molar-refractivity contribution in [2.45, 2.75) is 19.4 Å². The highest BCUT2D eigenvalue weighted by Gasteiger charge is 2.17. The fourth-order valence-electron chi connectivity index (χ4n) is 2.75. The lowest BCUT2D eigenvalue weighted by molar-refractivity contribution is 0.516. The number of nitrogens with zero attached hydrogens (tertiary/aromatic N) is 4. The van der Waals surface area contributed by atoms with Crippen LogP contribution in [0, 0.1) is 0 Å². The summed E-state index contributed by atoms with van der Waals surface area (Å²) in [6.07, 6.45) is 8.39. The van der Waals surface area contributed by atoms with Crippen LogP contribution in [-0.2, 0) is 0 Å². The standard InChI is InChI=1S/C16H14BrN5S/c1-2-13(14-5-11(17)8-23-14)22-7-10(6-21-22)15-12-3-4-18-16(12)20-9-19-15/h3-9,13H,2H2,1H3,(H,18,19,20). The first kappa shape index (κ1) is 14.6. The normalized spacial score (nSPS) is 12.8. The Morgan fingerprint density at radius 2 is 2.30 bits per heavy atom. The molecule has 0 spiro atoms. The van der Waals surface area contributed by atoms with Crippen molar-refractivity contribution < 1.29 is 0 Å². The molecule has 0 radical (unpaired) electrons. The third-order valence-corrected chi connectivity index (χ3v) is 5.65. The van der Waals surface area contributed by atoms with Crippen molar-refractivity contribution >= 4 is 38.3 Å². The van der Waals surface area contributed by atoms with Crippen molar-refractivity contribution in [2.75, 3.05) is 0 Å². The summed E-state index contributed by atoms with van der Waals surface area (Å²) in [5.41, 5.74) is 2.76. The summed E-state index contributed by atoms with van der Waals surface area (Å²) >= 11 is 5.27. The van der Waals surface area contributed by atoms with Crippen LogP contribution in [0.25, 0.3) is 22.3 Å². The summed E-state index contributed by atoms with van der Waals surface area (Å²) < 4.78 is 3.14. The number of hydrogen-bond donors (Lipinski definition) is 1. The van der Waals surface area contributed by atoms with E-state index in [0.29, 0.717) is 0 Å². The van der Waals surface area contributed by atoms with Gasteiger partial charge in [-0.15, -0.1) is 11.3 Å². The summed E-state index contributed by atoms with van der Waals surface area (Å²) in [5.74, 6) is 0. The molecule has 1 unspecified atom stereocenters. The van der Waals surface area contributed by atoms with Gasteiger partial charge in [-0.25, -0.2) is 9.97 Å². The molecular weight excluding hydrogens is 374 g/mol. The predicted octanol–water partition coefficient (Wildman–Crippen LogP) is 4.64. The van der Waals surface area contributed by atoms with Gasteiger partial charge in [-0.1, -0.05) is 6.92 Å². The Labute approximate surface area is 145 Å². The van der Waals surface area contributed by atoms with Gasteiger partial charge < -0.3 is 4.98 Å². The van der Waals surface area contributed by atoms with Crippen molar-refractivity contribution in [3.63, 3.8) is 0 Å². The Morgan fingerprint density at radius 3 is 3.09 bits per heavy atom. The van der Waals surface area contributed by atoms with Crippen LogP contribution in [0.15, 0.2) is 46.9 Å². The number of nitrogens with one attached hydrogen (secondary N) is 1. The van der Waals surface area contributed by atoms with Crippen LogP contribution >= 0.6 is 27.3 Å². The molecule has 116 valence electrons. The minimum Gasteiger partial charge on any atom is -0.346 e. The van der Waals surface area contributed by atoms with E-state index in [-0.39, 0.29) is 6.04 Å². The molecule has 0 bridgehead atoms. The molecule has 0 aliphatic carbocycles. The van der Waals surface area contributed by atoms with E-state index in [0.717, 1.165) is 33.2 Å². The average molecular weight is 388 g/mol. The second-order valence-corrected chi connectivity index (χ2v) is 7.12. The van der Waals surface area contributed by atoms with Gasteiger partial charge in [0, 0.05) is 38.1 Å². The molecule has 0 aromatic carbocycles. The van der Waals surface area contributed by atoms with E-state index in [1.54, 1.807) is 17.7 Å². The Hall–Kier alpha value is -1.99. The van der Waals surface area contributed by atoms with E-state index >= 15 is 0 Å². The number of aromatic nitrogens is 5. The van der Waals surface area contributed by atoms with E-state index in [2.05, 4.69) is 60.5 Å². The van der Waals surface area contributed by atoms with Crippen molar-refractivity contribution in [1.29, 1.82) is 0 Å². The summed E-state index contributed by atoms with van der Waals surface area (Å²) in [6.45, 7) is 2.18. The molecule has 7 heteroatoms. The minimum atomic E-state index is 0.239. The first-order chi connectivity index (χ1) is 11.3. The zero-order valence-electron chi connectivity index (χ0n) is 12.4. The Morgan fingerprint density at radius 1 is 1.39 bits per heavy atom. The summed E-state index contributed by atoms with van der Waals surface area (Å²) in [4.78, 5) is 13.1. The molecule has 0 fully saturated rings. The van der Waals surface area contributed by atoms with Crippen molar-refractivity contribution in [3.8, 4) is 11.3 Å². The number of hydrogen-bond acceptors (Lipinski definition) is 4. The molecule has 1 atom stereocenters. The second-order valence-electron chi connectivity index (χ2n) is 5.26. The van der Waals surface area contributed by atoms with Gasteiger partial charge in [0.05, 0.1) is 17.9 Å². The van der Waals surface area contributed by atoms with Crippen LogP contribution in [0.2, 0.25) is 0 Å². The fourth-order valence-corrected chi connectivity index (χ4v) is 4.38. The number of H-pyrrole nitrogens is 1. The molecule has 0 saturated heterocycles. The maximum absolute atomic E-state index is 4.58. The van der Waals surface area contributed by atoms with Gasteiger partial charge >= 0.3 is 0 Å². The van der Waals surface area contributed by atoms with Gasteiger partial charge in [0.2, 0.25) is 0 Å². The molecular formula is C16H14BrN5S. The Bertz CT molecular complexity index is 954. The monoisotopic (exact) mass is 387 g/mol. The van der Waals surface area contributed by atoms with Crippen LogP contribution in [0.5, 0.6) is 0 Å². The van der Waals surface area contributed by atoms with Crippen LogP contribution in [-0.4, -0.2) is 24.7 Å². The SMILES string of the molecule is CCC(c1cc(Br)cs1)n1cc(-c2ncnc3[nH]ccc23)cn1. The number of rotatable bonds is 4. The van der Waals surface area contributed by atoms with E-state index in [9.17, 15) is 0 Å². The molecule has 0 saturated carbocycles. The molecule has 4 aromatic rings. The Kier molecular flexibility index (Phi) is 3.74. The zero-order chi connectivity index (χ0) is 15.8. The van der Waals surface area contributed by atoms with Gasteiger partial charge in [-0.3, -0.25) is 4.68 Å². The Balaban J connectivity index is 1.75. The average Bonchev–Trinajstić information content (AvgIpc) is 3.28. The molecule has 0 aliphatic heterocycles. The summed E-state index contributed by atoms with van der Waals surface area (Å²) in [5, 5.41) is 7.70. The highest BCUT2D eigenvalue weighted by atomic mass is 79.9. The maximum Gasteiger partial charge on any atom is 0.141 e. The first-order valence-corrected chi connectivity index (χ1v) is 9.00. The van der Waals surface area contributed by atoms with E-state index in [1.165, 1.54) is 4.88 Å². The first-order valence-electron chi connectivity index (χ1n) is 7.33. The summed E-state index contributed by atoms with van der Waals surface area (Å²) in [7, 11) is 0. The van der Waals surface area contributed by atoms with Crippen molar-refractivity contribution in [3.05, 3.63) is 51.8 Å². The van der Waals surface area contributed by atoms with Crippen LogP contribution < -0.4 is 0 Å². The quantitative estimate of drug-likeness (QED) is 0.554. The molecule has 23 heavy (non-hydrogen) atoms. The third kappa shape index (κ3) is 2.60. The molecule has 4 aromatic heterocycles.